The molecule has 3 atom stereocenters. The summed E-state index contributed by atoms with van der Waals surface area (Å²) in [7, 11) is 0. The lowest BCUT2D eigenvalue weighted by molar-refractivity contribution is -0.153. The Labute approximate surface area is 404 Å². The Kier molecular flexibility index (Phi) is 14.7. The van der Waals surface area contributed by atoms with Crippen LogP contribution in [0.4, 0.5) is 4.79 Å². The van der Waals surface area contributed by atoms with Crippen LogP contribution in [-0.4, -0.2) is 80.1 Å². The van der Waals surface area contributed by atoms with E-state index < -0.39 is 63.9 Å². The first kappa shape index (κ1) is 47.3. The van der Waals surface area contributed by atoms with Gasteiger partial charge in [-0.3, -0.25) is 19.4 Å². The van der Waals surface area contributed by atoms with Gasteiger partial charge in [-0.05, 0) is 57.7 Å². The number of aromatic nitrogens is 2. The van der Waals surface area contributed by atoms with Gasteiger partial charge in [-0.15, -0.1) is 0 Å². The van der Waals surface area contributed by atoms with Gasteiger partial charge in [0.2, 0.25) is 9.70 Å². The van der Waals surface area contributed by atoms with Gasteiger partial charge in [-0.25, -0.2) is 15.2 Å². The summed E-state index contributed by atoms with van der Waals surface area (Å²) in [6.07, 6.45) is 3.58. The summed E-state index contributed by atoms with van der Waals surface area (Å²) in [6, 6.07) is 43.1. The molecular weight excluding hydrogens is 911 g/mol. The monoisotopic (exact) mass is 960 g/mol. The molecule has 1 aromatic heterocycles. The van der Waals surface area contributed by atoms with Crippen molar-refractivity contribution in [2.45, 2.75) is 66.5 Å². The molecule has 15 heteroatoms. The second-order valence-electron chi connectivity index (χ2n) is 17.1. The summed E-state index contributed by atoms with van der Waals surface area (Å²) >= 11 is 17.5. The Bertz CT molecular complexity index is 2540. The fraction of sp³-hybridized carbons (Fsp3) is 0.288. The van der Waals surface area contributed by atoms with Crippen molar-refractivity contribution >= 4 is 58.7 Å². The quantitative estimate of drug-likeness (QED) is 0.0527. The molecule has 0 saturated carbocycles. The molecule has 1 fully saturated rings. The van der Waals surface area contributed by atoms with Gasteiger partial charge in [0, 0.05) is 25.1 Å². The normalized spacial score (nSPS) is 15.8. The molecule has 2 heterocycles. The maximum absolute atomic E-state index is 14.7. The molecule has 1 aliphatic heterocycles. The molecule has 1 saturated heterocycles. The molecule has 3 N–H and O–H groups in total. The van der Waals surface area contributed by atoms with Gasteiger partial charge >= 0.3 is 12.1 Å². The number of hydrazine groups is 1. The SMILES string of the molecule is CC(C)[C@H](NC(=O)OCC1c2ccccc2-c2ccccc21)C(=O)NC(Cc1cn(C(c2ccccc2)(c2ccccc2)c2ccccc2)cn1)C(=O)N1CCC[C@@H](C(=O)OCC(Cl)(Cl)Cl)N1. The van der Waals surface area contributed by atoms with E-state index in [0.29, 0.717) is 18.5 Å². The minimum Gasteiger partial charge on any atom is -0.460 e. The predicted molar refractivity (Wildman–Crippen MR) is 258 cm³/mol. The Morgan fingerprint density at radius 1 is 0.746 bits per heavy atom. The summed E-state index contributed by atoms with van der Waals surface area (Å²) in [5.74, 6) is -2.44. The van der Waals surface area contributed by atoms with Crippen LogP contribution in [0.1, 0.15) is 66.1 Å². The van der Waals surface area contributed by atoms with Gasteiger partial charge in [0.1, 0.15) is 36.9 Å². The Morgan fingerprint density at radius 2 is 1.28 bits per heavy atom. The molecule has 0 bridgehead atoms. The van der Waals surface area contributed by atoms with Crippen molar-refractivity contribution in [2.24, 2.45) is 5.92 Å². The molecule has 0 spiro atoms. The standard InChI is InChI=1S/C52H51Cl3N6O6/c1-34(2)46(58-50(65)66-31-43-41-25-14-12-23-39(41)40-24-13-15-26-42(40)43)47(62)57-45(48(63)61-28-16-27-44(59-61)49(64)67-32-51(53,54)55)29-38-30-60(33-56-38)52(35-17-6-3-7-18-35,36-19-8-4-9-20-36)37-21-10-5-11-22-37/h3-15,17-26,30,33-34,43-46,59H,16,27-29,31-32H2,1-2H3,(H,57,62)(H,58,65)/t44-,45?,46-/m0/s1. The van der Waals surface area contributed by atoms with Gasteiger partial charge in [0.15, 0.2) is 0 Å². The summed E-state index contributed by atoms with van der Waals surface area (Å²) in [6.45, 7) is 3.38. The van der Waals surface area contributed by atoms with Gasteiger partial charge < -0.3 is 24.7 Å². The molecule has 5 aromatic carbocycles. The Balaban J connectivity index is 1.07. The second kappa shape index (κ2) is 20.8. The molecule has 1 unspecified atom stereocenters. The number of carbonyl (C=O) groups excluding carboxylic acids is 4. The number of benzene rings is 5. The van der Waals surface area contributed by atoms with Gasteiger partial charge in [0.25, 0.3) is 5.91 Å². The van der Waals surface area contributed by atoms with Gasteiger partial charge in [-0.1, -0.05) is 188 Å². The predicted octanol–water partition coefficient (Wildman–Crippen LogP) is 8.72. The van der Waals surface area contributed by atoms with E-state index >= 15 is 0 Å². The highest BCUT2D eigenvalue weighted by Gasteiger charge is 2.40. The highest BCUT2D eigenvalue weighted by Crippen LogP contribution is 2.45. The van der Waals surface area contributed by atoms with Crippen LogP contribution >= 0.6 is 34.8 Å². The number of halogens is 3. The third-order valence-electron chi connectivity index (χ3n) is 12.3. The zero-order valence-corrected chi connectivity index (χ0v) is 39.3. The highest BCUT2D eigenvalue weighted by molar-refractivity contribution is 6.67. The zero-order chi connectivity index (χ0) is 47.1. The van der Waals surface area contributed by atoms with E-state index in [2.05, 4.69) is 64.6 Å². The van der Waals surface area contributed by atoms with Crippen LogP contribution in [0.2, 0.25) is 0 Å². The van der Waals surface area contributed by atoms with Crippen LogP contribution in [0.25, 0.3) is 11.1 Å². The van der Waals surface area contributed by atoms with Crippen molar-refractivity contribution in [1.82, 2.24) is 30.6 Å². The van der Waals surface area contributed by atoms with Crippen molar-refractivity contribution in [1.29, 1.82) is 0 Å². The minimum atomic E-state index is -1.82. The summed E-state index contributed by atoms with van der Waals surface area (Å²) in [5.41, 5.74) is 9.79. The number of esters is 1. The molecule has 3 amide bonds. The molecule has 8 rings (SSSR count). The number of hydrogen-bond acceptors (Lipinski definition) is 8. The molecule has 67 heavy (non-hydrogen) atoms. The summed E-state index contributed by atoms with van der Waals surface area (Å²) in [4.78, 5) is 60.7. The number of imidazole rings is 1. The molecule has 1 aliphatic carbocycles. The van der Waals surface area contributed by atoms with Crippen LogP contribution in [0.5, 0.6) is 0 Å². The van der Waals surface area contributed by atoms with E-state index in [1.54, 1.807) is 20.2 Å². The minimum absolute atomic E-state index is 0.0532. The number of nitrogens with zero attached hydrogens (tertiary/aromatic N) is 3. The number of hydrogen-bond donors (Lipinski definition) is 3. The van der Waals surface area contributed by atoms with Gasteiger partial charge in [-0.2, -0.15) is 0 Å². The van der Waals surface area contributed by atoms with Crippen LogP contribution < -0.4 is 16.1 Å². The molecule has 0 radical (unpaired) electrons. The largest absolute Gasteiger partial charge is 0.460 e. The maximum atomic E-state index is 14.7. The summed E-state index contributed by atoms with van der Waals surface area (Å²) < 4.78 is 11.3. The average molecular weight is 962 g/mol. The van der Waals surface area contributed by atoms with Crippen molar-refractivity contribution in [3.05, 3.63) is 186 Å². The first-order chi connectivity index (χ1) is 32.3. The van der Waals surface area contributed by atoms with E-state index in [9.17, 15) is 19.2 Å². The number of fused-ring (bicyclic) bond motifs is 3. The lowest BCUT2D eigenvalue weighted by atomic mass is 9.77. The lowest BCUT2D eigenvalue weighted by Gasteiger charge is -2.37. The number of amides is 3. The van der Waals surface area contributed by atoms with Crippen LogP contribution in [-0.2, 0) is 35.8 Å². The Hall–Kier alpha value is -6.18. The second-order valence-corrected chi connectivity index (χ2v) is 19.6. The smallest absolute Gasteiger partial charge is 0.407 e. The first-order valence-corrected chi connectivity index (χ1v) is 23.4. The van der Waals surface area contributed by atoms with E-state index in [0.717, 1.165) is 38.9 Å². The van der Waals surface area contributed by atoms with Crippen molar-refractivity contribution in [2.75, 3.05) is 19.8 Å². The number of alkyl carbamates (subject to hydrolysis) is 1. The van der Waals surface area contributed by atoms with Crippen LogP contribution in [0.3, 0.4) is 0 Å². The topological polar surface area (TPSA) is 144 Å². The fourth-order valence-electron chi connectivity index (χ4n) is 9.17. The number of rotatable bonds is 15. The van der Waals surface area contributed by atoms with Crippen molar-refractivity contribution in [3.63, 3.8) is 0 Å². The third-order valence-corrected chi connectivity index (χ3v) is 12.6. The number of ether oxygens (including phenoxy) is 2. The molecule has 2 aliphatic rings. The Morgan fingerprint density at radius 3 is 1.82 bits per heavy atom. The van der Waals surface area contributed by atoms with E-state index in [4.69, 9.17) is 49.3 Å². The molecule has 12 nitrogen and oxygen atoms in total. The molecular formula is C52H51Cl3N6O6. The summed E-state index contributed by atoms with van der Waals surface area (Å²) in [5, 5.41) is 7.03. The van der Waals surface area contributed by atoms with Crippen molar-refractivity contribution < 1.29 is 28.7 Å². The van der Waals surface area contributed by atoms with E-state index in [-0.39, 0.29) is 25.5 Å². The molecule has 346 valence electrons. The van der Waals surface area contributed by atoms with Crippen LogP contribution in [0, 0.1) is 5.92 Å². The number of carbonyl (C=O) groups is 4. The van der Waals surface area contributed by atoms with Crippen LogP contribution in [0.15, 0.2) is 152 Å². The number of alkyl halides is 3. The lowest BCUT2D eigenvalue weighted by Crippen LogP contribution is -2.62. The number of nitrogens with one attached hydrogen (secondary N) is 3. The maximum Gasteiger partial charge on any atom is 0.407 e. The van der Waals surface area contributed by atoms with Crippen molar-refractivity contribution in [3.8, 4) is 11.1 Å². The molecule has 6 aromatic rings. The van der Waals surface area contributed by atoms with E-state index in [1.165, 1.54) is 5.01 Å². The average Bonchev–Trinajstić information content (AvgIpc) is 3.94. The zero-order valence-electron chi connectivity index (χ0n) is 37.0. The third kappa shape index (κ3) is 10.5. The highest BCUT2D eigenvalue weighted by atomic mass is 35.6. The van der Waals surface area contributed by atoms with E-state index in [1.807, 2.05) is 102 Å². The first-order valence-electron chi connectivity index (χ1n) is 22.3. The fourth-order valence-corrected chi connectivity index (χ4v) is 9.33. The van der Waals surface area contributed by atoms with Gasteiger partial charge in [0.05, 0.1) is 12.0 Å².